The summed E-state index contributed by atoms with van der Waals surface area (Å²) in [7, 11) is 0. The first-order valence-corrected chi connectivity index (χ1v) is 9.40. The highest BCUT2D eigenvalue weighted by molar-refractivity contribution is 7.22. The molecule has 0 aliphatic carbocycles. The molecule has 3 aromatic heterocycles. The Morgan fingerprint density at radius 3 is 2.82 bits per heavy atom. The standard InChI is InChI=1S/C18H14FN7OS/c19-10-5-6-11-13(9-10)26-16(24-25-18(26)27)15(22-11)20-7-8-21-17-23-12-3-1-2-4-14(12)28-17/h1-6,9H,7-8H2,(H,20,22)(H,21,23)(H,25,27). The van der Waals surface area contributed by atoms with Crippen LogP contribution in [0.25, 0.3) is 26.9 Å². The molecule has 0 spiro atoms. The maximum absolute atomic E-state index is 13.6. The van der Waals surface area contributed by atoms with Crippen LogP contribution in [-0.2, 0) is 0 Å². The molecule has 0 bridgehead atoms. The number of aromatic amines is 1. The fourth-order valence-corrected chi connectivity index (χ4v) is 3.93. The first kappa shape index (κ1) is 16.6. The van der Waals surface area contributed by atoms with Crippen molar-refractivity contribution in [1.82, 2.24) is 24.6 Å². The summed E-state index contributed by atoms with van der Waals surface area (Å²) in [6.07, 6.45) is 0. The summed E-state index contributed by atoms with van der Waals surface area (Å²) < 4.78 is 16.0. The minimum atomic E-state index is -0.441. The summed E-state index contributed by atoms with van der Waals surface area (Å²) in [6, 6.07) is 12.1. The molecular formula is C18H14FN7OS. The highest BCUT2D eigenvalue weighted by atomic mass is 32.1. The van der Waals surface area contributed by atoms with E-state index in [1.807, 2.05) is 24.3 Å². The van der Waals surface area contributed by atoms with Crippen molar-refractivity contribution in [1.29, 1.82) is 0 Å². The molecule has 5 rings (SSSR count). The van der Waals surface area contributed by atoms with E-state index in [1.165, 1.54) is 22.6 Å². The minimum Gasteiger partial charge on any atom is -0.365 e. The van der Waals surface area contributed by atoms with Crippen LogP contribution in [0.1, 0.15) is 0 Å². The molecular weight excluding hydrogens is 381 g/mol. The topological polar surface area (TPSA) is 100 Å². The van der Waals surface area contributed by atoms with Crippen LogP contribution in [0.4, 0.5) is 15.3 Å². The molecule has 10 heteroatoms. The summed E-state index contributed by atoms with van der Waals surface area (Å²) in [4.78, 5) is 21.1. The summed E-state index contributed by atoms with van der Waals surface area (Å²) >= 11 is 1.59. The monoisotopic (exact) mass is 395 g/mol. The Balaban J connectivity index is 1.37. The van der Waals surface area contributed by atoms with Gasteiger partial charge in [0, 0.05) is 19.2 Å². The zero-order valence-corrected chi connectivity index (χ0v) is 15.3. The summed E-state index contributed by atoms with van der Waals surface area (Å²) in [6.45, 7) is 1.14. The van der Waals surface area contributed by atoms with Crippen LogP contribution < -0.4 is 16.3 Å². The highest BCUT2D eigenvalue weighted by Gasteiger charge is 2.13. The third kappa shape index (κ3) is 2.83. The fraction of sp³-hybridized carbons (Fsp3) is 0.111. The van der Waals surface area contributed by atoms with Gasteiger partial charge in [-0.1, -0.05) is 23.5 Å². The Morgan fingerprint density at radius 1 is 1.07 bits per heavy atom. The molecule has 0 saturated carbocycles. The molecule has 8 nitrogen and oxygen atoms in total. The van der Waals surface area contributed by atoms with E-state index in [9.17, 15) is 9.18 Å². The Morgan fingerprint density at radius 2 is 1.93 bits per heavy atom. The highest BCUT2D eigenvalue weighted by Crippen LogP contribution is 2.25. The third-order valence-corrected chi connectivity index (χ3v) is 5.28. The van der Waals surface area contributed by atoms with Gasteiger partial charge in [0.25, 0.3) is 0 Å². The van der Waals surface area contributed by atoms with Gasteiger partial charge in [-0.05, 0) is 24.3 Å². The first-order chi connectivity index (χ1) is 13.7. The molecule has 0 aliphatic heterocycles. The number of para-hydroxylation sites is 1. The second-order valence-electron chi connectivity index (χ2n) is 6.12. The molecule has 0 atom stereocenters. The molecule has 0 fully saturated rings. The van der Waals surface area contributed by atoms with Crippen LogP contribution in [0.15, 0.2) is 47.3 Å². The summed E-state index contributed by atoms with van der Waals surface area (Å²) in [5, 5.41) is 13.7. The second-order valence-corrected chi connectivity index (χ2v) is 7.15. The number of H-pyrrole nitrogens is 1. The molecule has 0 saturated heterocycles. The minimum absolute atomic E-state index is 0.322. The lowest BCUT2D eigenvalue weighted by Crippen LogP contribution is -2.16. The predicted molar refractivity (Wildman–Crippen MR) is 108 cm³/mol. The van der Waals surface area contributed by atoms with Crippen molar-refractivity contribution in [3.8, 4) is 0 Å². The maximum atomic E-state index is 13.6. The van der Waals surface area contributed by atoms with Crippen LogP contribution in [-0.4, -0.2) is 37.7 Å². The first-order valence-electron chi connectivity index (χ1n) is 8.59. The number of rotatable bonds is 5. The number of halogens is 1. The number of hydrogen-bond donors (Lipinski definition) is 3. The summed E-state index contributed by atoms with van der Waals surface area (Å²) in [5.74, 6) is 0.00741. The van der Waals surface area contributed by atoms with Crippen LogP contribution >= 0.6 is 11.3 Å². The Bertz CT molecular complexity index is 1340. The van der Waals surface area contributed by atoms with Crippen molar-refractivity contribution >= 4 is 49.2 Å². The molecule has 0 amide bonds. The maximum Gasteiger partial charge on any atom is 0.348 e. The zero-order valence-electron chi connectivity index (χ0n) is 14.4. The van der Waals surface area contributed by atoms with E-state index in [1.54, 1.807) is 11.3 Å². The van der Waals surface area contributed by atoms with Gasteiger partial charge < -0.3 is 10.6 Å². The second kappa shape index (κ2) is 6.57. The Hall–Kier alpha value is -3.53. The number of nitrogens with zero attached hydrogens (tertiary/aromatic N) is 4. The quantitative estimate of drug-likeness (QED) is 0.396. The molecule has 0 radical (unpaired) electrons. The number of hydrogen-bond acceptors (Lipinski definition) is 7. The number of benzene rings is 2. The Kier molecular flexibility index (Phi) is 3.90. The smallest absolute Gasteiger partial charge is 0.348 e. The lowest BCUT2D eigenvalue weighted by atomic mass is 10.3. The van der Waals surface area contributed by atoms with Crippen molar-refractivity contribution in [2.45, 2.75) is 0 Å². The van der Waals surface area contributed by atoms with Gasteiger partial charge in [-0.15, -0.1) is 5.10 Å². The molecule has 5 aromatic rings. The van der Waals surface area contributed by atoms with Gasteiger partial charge in [-0.25, -0.2) is 28.7 Å². The van der Waals surface area contributed by atoms with Crippen LogP contribution in [0, 0.1) is 5.82 Å². The number of anilines is 2. The molecule has 0 unspecified atom stereocenters. The van der Waals surface area contributed by atoms with E-state index in [2.05, 4.69) is 30.8 Å². The third-order valence-electron chi connectivity index (χ3n) is 4.28. The van der Waals surface area contributed by atoms with Crippen molar-refractivity contribution in [3.63, 3.8) is 0 Å². The van der Waals surface area contributed by atoms with Gasteiger partial charge in [0.2, 0.25) is 5.65 Å². The van der Waals surface area contributed by atoms with Crippen molar-refractivity contribution < 1.29 is 4.39 Å². The van der Waals surface area contributed by atoms with Crippen molar-refractivity contribution in [3.05, 3.63) is 58.8 Å². The molecule has 140 valence electrons. The van der Waals surface area contributed by atoms with E-state index in [0.717, 1.165) is 15.3 Å². The normalized spacial score (nSPS) is 11.5. The van der Waals surface area contributed by atoms with Gasteiger partial charge >= 0.3 is 5.69 Å². The van der Waals surface area contributed by atoms with Crippen LogP contribution in [0.2, 0.25) is 0 Å². The van der Waals surface area contributed by atoms with Crippen molar-refractivity contribution in [2.75, 3.05) is 23.7 Å². The number of fused-ring (bicyclic) bond motifs is 4. The van der Waals surface area contributed by atoms with E-state index >= 15 is 0 Å². The average molecular weight is 395 g/mol. The van der Waals surface area contributed by atoms with E-state index in [4.69, 9.17) is 0 Å². The molecule has 0 aliphatic rings. The number of nitrogens with one attached hydrogen (secondary N) is 3. The van der Waals surface area contributed by atoms with Gasteiger partial charge in [0.15, 0.2) is 10.9 Å². The molecule has 2 aromatic carbocycles. The number of aromatic nitrogens is 5. The van der Waals surface area contributed by atoms with Gasteiger partial charge in [0.05, 0.1) is 21.3 Å². The van der Waals surface area contributed by atoms with E-state index in [-0.39, 0.29) is 0 Å². The SMILES string of the molecule is O=c1[nH]nc2c(NCCNc3nc4ccccc4s3)nc3ccc(F)cc3n12. The predicted octanol–water partition coefficient (Wildman–Crippen LogP) is 2.84. The molecule has 3 heterocycles. The lowest BCUT2D eigenvalue weighted by molar-refractivity contribution is 0.629. The fourth-order valence-electron chi connectivity index (χ4n) is 3.04. The lowest BCUT2D eigenvalue weighted by Gasteiger charge is -2.09. The zero-order chi connectivity index (χ0) is 19.1. The van der Waals surface area contributed by atoms with Gasteiger partial charge in [-0.2, -0.15) is 0 Å². The Labute approximate surface area is 161 Å². The number of thiazole rings is 1. The average Bonchev–Trinajstić information content (AvgIpc) is 3.29. The van der Waals surface area contributed by atoms with Gasteiger partial charge in [-0.3, -0.25) is 0 Å². The van der Waals surface area contributed by atoms with Gasteiger partial charge in [0.1, 0.15) is 5.82 Å². The summed E-state index contributed by atoms with van der Waals surface area (Å²) in [5.41, 5.74) is 1.71. The van der Waals surface area contributed by atoms with E-state index < -0.39 is 11.5 Å². The van der Waals surface area contributed by atoms with Crippen LogP contribution in [0.3, 0.4) is 0 Å². The van der Waals surface area contributed by atoms with Crippen LogP contribution in [0.5, 0.6) is 0 Å². The molecule has 3 N–H and O–H groups in total. The largest absolute Gasteiger partial charge is 0.365 e. The van der Waals surface area contributed by atoms with Crippen molar-refractivity contribution in [2.24, 2.45) is 0 Å². The van der Waals surface area contributed by atoms with E-state index in [0.29, 0.717) is 35.6 Å². The molecule has 28 heavy (non-hydrogen) atoms.